The number of hydrogen-bond acceptors (Lipinski definition) is 0. The molecule has 0 bridgehead atoms. The van der Waals surface area contributed by atoms with E-state index in [9.17, 15) is 0 Å². The Bertz CT molecular complexity index is 70.9. The van der Waals surface area contributed by atoms with Gasteiger partial charge in [-0.3, -0.25) is 0 Å². The van der Waals surface area contributed by atoms with Crippen molar-refractivity contribution in [1.29, 1.82) is 0 Å². The van der Waals surface area contributed by atoms with E-state index in [1.54, 1.807) is 0 Å². The maximum atomic E-state index is 5.91. The van der Waals surface area contributed by atoms with Crippen molar-refractivity contribution >= 4 is 20.4 Å². The molecular formula is C6H13ClSi. The Balaban J connectivity index is 3.30. The van der Waals surface area contributed by atoms with Gasteiger partial charge in [-0.2, -0.15) is 0 Å². The summed E-state index contributed by atoms with van der Waals surface area (Å²) in [7, 11) is -0.588. The molecule has 0 saturated carbocycles. The highest BCUT2D eigenvalue weighted by molar-refractivity contribution is 6.67. The Morgan fingerprint density at radius 3 is 2.38 bits per heavy atom. The predicted molar refractivity (Wildman–Crippen MR) is 43.3 cm³/mol. The van der Waals surface area contributed by atoms with Gasteiger partial charge in [0.15, 0.2) is 0 Å². The van der Waals surface area contributed by atoms with E-state index in [0.29, 0.717) is 5.00 Å². The molecule has 0 aliphatic heterocycles. The average molecular weight is 149 g/mol. The van der Waals surface area contributed by atoms with Crippen LogP contribution in [0.5, 0.6) is 0 Å². The minimum Gasteiger partial charge on any atom is -0.127 e. The van der Waals surface area contributed by atoms with Crippen LogP contribution in [0, 0.1) is 0 Å². The lowest BCUT2D eigenvalue weighted by Gasteiger charge is -2.07. The van der Waals surface area contributed by atoms with E-state index in [4.69, 9.17) is 11.6 Å². The van der Waals surface area contributed by atoms with Crippen molar-refractivity contribution in [2.45, 2.75) is 24.5 Å². The summed E-state index contributed by atoms with van der Waals surface area (Å²) in [6, 6.07) is 0. The zero-order valence-corrected chi connectivity index (χ0v) is 7.43. The van der Waals surface area contributed by atoms with Crippen LogP contribution in [0.3, 0.4) is 0 Å². The summed E-state index contributed by atoms with van der Waals surface area (Å²) >= 11 is 5.91. The zero-order valence-electron chi connectivity index (χ0n) is 5.52. The molecule has 8 heavy (non-hydrogen) atoms. The Hall–Kier alpha value is 0.247. The molecule has 48 valence electrons. The van der Waals surface area contributed by atoms with E-state index in [2.05, 4.69) is 19.7 Å². The van der Waals surface area contributed by atoms with E-state index in [-0.39, 0.29) is 0 Å². The van der Waals surface area contributed by atoms with Crippen molar-refractivity contribution in [3.05, 3.63) is 12.7 Å². The lowest BCUT2D eigenvalue weighted by Crippen LogP contribution is -2.16. The number of halogens is 1. The fraction of sp³-hybridized carbons (Fsp3) is 0.667. The van der Waals surface area contributed by atoms with Crippen molar-refractivity contribution in [1.82, 2.24) is 0 Å². The van der Waals surface area contributed by atoms with Crippen LogP contribution >= 0.6 is 11.6 Å². The largest absolute Gasteiger partial charge is 0.127 e. The molecule has 0 nitrogen and oxygen atoms in total. The maximum Gasteiger partial charge on any atom is 0.0523 e. The van der Waals surface area contributed by atoms with Crippen molar-refractivity contribution in [2.75, 3.05) is 0 Å². The summed E-state index contributed by atoms with van der Waals surface area (Å²) in [6.45, 7) is 8.12. The molecule has 2 heteroatoms. The molecule has 0 heterocycles. The van der Waals surface area contributed by atoms with Crippen molar-refractivity contribution in [2.24, 2.45) is 0 Å². The van der Waals surface area contributed by atoms with E-state index in [1.165, 1.54) is 0 Å². The van der Waals surface area contributed by atoms with Crippen LogP contribution < -0.4 is 0 Å². The van der Waals surface area contributed by atoms with Crippen LogP contribution in [0.1, 0.15) is 6.42 Å². The Morgan fingerprint density at radius 1 is 1.75 bits per heavy atom. The molecule has 0 aliphatic carbocycles. The first-order valence-corrected chi connectivity index (χ1v) is 6.34. The van der Waals surface area contributed by atoms with Crippen molar-refractivity contribution in [3.8, 4) is 0 Å². The first kappa shape index (κ1) is 8.25. The molecule has 0 N–H and O–H groups in total. The fourth-order valence-electron chi connectivity index (χ4n) is 0.431. The van der Waals surface area contributed by atoms with E-state index >= 15 is 0 Å². The topological polar surface area (TPSA) is 0 Å². The van der Waals surface area contributed by atoms with Gasteiger partial charge in [0.1, 0.15) is 0 Å². The highest BCUT2D eigenvalue weighted by atomic mass is 35.5. The second-order valence-corrected chi connectivity index (χ2v) is 6.56. The molecule has 0 fully saturated rings. The molecule has 1 atom stereocenters. The van der Waals surface area contributed by atoms with Gasteiger partial charge in [-0.25, -0.2) is 0 Å². The molecular weight excluding hydrogens is 136 g/mol. The number of allylic oxidation sites excluding steroid dienone is 1. The lowest BCUT2D eigenvalue weighted by atomic mass is 10.5. The van der Waals surface area contributed by atoms with Gasteiger partial charge in [-0.05, 0) is 6.42 Å². The van der Waals surface area contributed by atoms with Gasteiger partial charge in [0.05, 0.1) is 8.80 Å². The van der Waals surface area contributed by atoms with E-state index in [0.717, 1.165) is 6.42 Å². The van der Waals surface area contributed by atoms with Crippen molar-refractivity contribution < 1.29 is 0 Å². The SMILES string of the molecule is C=CCC(Cl)[SiH](C)C. The van der Waals surface area contributed by atoms with Crippen LogP contribution in [0.4, 0.5) is 0 Å². The van der Waals surface area contributed by atoms with Gasteiger partial charge >= 0.3 is 0 Å². The Morgan fingerprint density at radius 2 is 2.25 bits per heavy atom. The summed E-state index contributed by atoms with van der Waals surface area (Å²) < 4.78 is 0. The normalized spacial score (nSPS) is 14.0. The van der Waals surface area contributed by atoms with Gasteiger partial charge in [0, 0.05) is 5.00 Å². The highest BCUT2D eigenvalue weighted by Gasteiger charge is 2.06. The van der Waals surface area contributed by atoms with Crippen LogP contribution in [0.25, 0.3) is 0 Å². The van der Waals surface area contributed by atoms with Crippen molar-refractivity contribution in [3.63, 3.8) is 0 Å². The van der Waals surface area contributed by atoms with Crippen LogP contribution in [0.2, 0.25) is 13.1 Å². The molecule has 1 unspecified atom stereocenters. The minimum absolute atomic E-state index is 0.410. The van der Waals surface area contributed by atoms with E-state index < -0.39 is 8.80 Å². The Kier molecular flexibility index (Phi) is 4.29. The predicted octanol–water partition coefficient (Wildman–Crippen LogP) is 2.20. The van der Waals surface area contributed by atoms with Gasteiger partial charge in [-0.15, -0.1) is 18.2 Å². The summed E-state index contributed by atoms with van der Waals surface area (Å²) in [4.78, 5) is 0. The third kappa shape index (κ3) is 3.27. The summed E-state index contributed by atoms with van der Waals surface area (Å²) in [5.41, 5.74) is 0. The maximum absolute atomic E-state index is 5.91. The third-order valence-corrected chi connectivity index (χ3v) is 4.52. The van der Waals surface area contributed by atoms with Crippen LogP contribution in [0.15, 0.2) is 12.7 Å². The van der Waals surface area contributed by atoms with Crippen LogP contribution in [-0.2, 0) is 0 Å². The number of hydrogen-bond donors (Lipinski definition) is 0. The minimum atomic E-state index is -0.588. The number of rotatable bonds is 3. The molecule has 0 rings (SSSR count). The quantitative estimate of drug-likeness (QED) is 0.327. The highest BCUT2D eigenvalue weighted by Crippen LogP contribution is 2.05. The first-order chi connectivity index (χ1) is 3.68. The summed E-state index contributed by atoms with van der Waals surface area (Å²) in [6.07, 6.45) is 2.87. The molecule has 0 spiro atoms. The van der Waals surface area contributed by atoms with Gasteiger partial charge in [0.2, 0.25) is 0 Å². The van der Waals surface area contributed by atoms with Crippen LogP contribution in [-0.4, -0.2) is 13.8 Å². The molecule has 0 aromatic heterocycles. The fourth-order valence-corrected chi connectivity index (χ4v) is 1.29. The number of alkyl halides is 1. The molecule has 0 aromatic carbocycles. The third-order valence-electron chi connectivity index (χ3n) is 1.12. The molecule has 0 amide bonds. The van der Waals surface area contributed by atoms with E-state index in [1.807, 2.05) is 6.08 Å². The monoisotopic (exact) mass is 148 g/mol. The van der Waals surface area contributed by atoms with Gasteiger partial charge < -0.3 is 0 Å². The summed E-state index contributed by atoms with van der Waals surface area (Å²) in [5, 5.41) is 0.410. The average Bonchev–Trinajstić information content (AvgIpc) is 1.67. The standard InChI is InChI=1S/C6H13ClSi/c1-4-5-6(7)8(2)3/h4,6,8H,1,5H2,2-3H3. The van der Waals surface area contributed by atoms with Gasteiger partial charge in [-0.1, -0.05) is 19.2 Å². The second-order valence-electron chi connectivity index (χ2n) is 2.28. The Labute approximate surface area is 58.2 Å². The molecule has 0 aliphatic rings. The first-order valence-electron chi connectivity index (χ1n) is 2.93. The van der Waals surface area contributed by atoms with Gasteiger partial charge in [0.25, 0.3) is 0 Å². The summed E-state index contributed by atoms with van der Waals surface area (Å²) in [5.74, 6) is 0. The lowest BCUT2D eigenvalue weighted by molar-refractivity contribution is 1.13. The molecule has 0 saturated heterocycles. The smallest absolute Gasteiger partial charge is 0.0523 e. The zero-order chi connectivity index (χ0) is 6.57. The second kappa shape index (κ2) is 4.16. The molecule has 0 radical (unpaired) electrons. The molecule has 0 aromatic rings.